The molecule has 3 heterocycles. The molecule has 1 unspecified atom stereocenters. The van der Waals surface area contributed by atoms with E-state index in [1.54, 1.807) is 12.1 Å². The SMILES string of the molecule is O=C(c1cc(-c2ccco2)on1)N1CCC(F)(C(=O)O)C1. The molecule has 0 spiro atoms. The van der Waals surface area contributed by atoms with Gasteiger partial charge in [-0.25, -0.2) is 9.18 Å². The highest BCUT2D eigenvalue weighted by molar-refractivity contribution is 5.94. The zero-order chi connectivity index (χ0) is 15.0. The molecule has 1 saturated heterocycles. The first kappa shape index (κ1) is 13.3. The largest absolute Gasteiger partial charge is 0.479 e. The Morgan fingerprint density at radius 2 is 2.24 bits per heavy atom. The quantitative estimate of drug-likeness (QED) is 0.923. The highest BCUT2D eigenvalue weighted by Crippen LogP contribution is 2.28. The van der Waals surface area contributed by atoms with Crippen molar-refractivity contribution >= 4 is 11.9 Å². The lowest BCUT2D eigenvalue weighted by molar-refractivity contribution is -0.149. The number of carbonyl (C=O) groups is 2. The molecule has 0 bridgehead atoms. The van der Waals surface area contributed by atoms with Crippen molar-refractivity contribution in [1.82, 2.24) is 10.1 Å². The van der Waals surface area contributed by atoms with E-state index in [9.17, 15) is 14.0 Å². The summed E-state index contributed by atoms with van der Waals surface area (Å²) in [6, 6.07) is 4.67. The maximum Gasteiger partial charge on any atom is 0.343 e. The van der Waals surface area contributed by atoms with E-state index >= 15 is 0 Å². The summed E-state index contributed by atoms with van der Waals surface area (Å²) in [5, 5.41) is 12.4. The number of aromatic nitrogens is 1. The van der Waals surface area contributed by atoms with Crippen molar-refractivity contribution in [1.29, 1.82) is 0 Å². The van der Waals surface area contributed by atoms with Crippen LogP contribution >= 0.6 is 0 Å². The molecule has 1 N–H and O–H groups in total. The van der Waals surface area contributed by atoms with Gasteiger partial charge >= 0.3 is 5.97 Å². The van der Waals surface area contributed by atoms with Gasteiger partial charge in [-0.2, -0.15) is 0 Å². The number of likely N-dealkylation sites (tertiary alicyclic amines) is 1. The van der Waals surface area contributed by atoms with Crippen molar-refractivity contribution in [3.8, 4) is 11.5 Å². The van der Waals surface area contributed by atoms with Crippen LogP contribution in [-0.2, 0) is 4.79 Å². The number of amides is 1. The molecule has 21 heavy (non-hydrogen) atoms. The molecule has 0 saturated carbocycles. The summed E-state index contributed by atoms with van der Waals surface area (Å²) in [7, 11) is 0. The molecule has 0 aliphatic carbocycles. The number of carboxylic acid groups (broad SMARTS) is 1. The molecule has 0 radical (unpaired) electrons. The summed E-state index contributed by atoms with van der Waals surface area (Å²) in [6.07, 6.45) is 1.21. The second-order valence-electron chi connectivity index (χ2n) is 4.80. The lowest BCUT2D eigenvalue weighted by atomic mass is 10.1. The number of hydrogen-bond donors (Lipinski definition) is 1. The van der Waals surface area contributed by atoms with Crippen LogP contribution < -0.4 is 0 Å². The Kier molecular flexibility index (Phi) is 3.00. The van der Waals surface area contributed by atoms with E-state index in [-0.39, 0.29) is 24.4 Å². The molecular formula is C13H11FN2O5. The lowest BCUT2D eigenvalue weighted by Crippen LogP contribution is -2.39. The van der Waals surface area contributed by atoms with E-state index < -0.39 is 24.1 Å². The molecule has 3 rings (SSSR count). The lowest BCUT2D eigenvalue weighted by Gasteiger charge is -2.16. The van der Waals surface area contributed by atoms with Crippen molar-refractivity contribution in [2.75, 3.05) is 13.1 Å². The fraction of sp³-hybridized carbons (Fsp3) is 0.308. The molecule has 1 fully saturated rings. The maximum absolute atomic E-state index is 13.9. The predicted octanol–water partition coefficient (Wildman–Crippen LogP) is 1.57. The van der Waals surface area contributed by atoms with Gasteiger partial charge in [-0.3, -0.25) is 4.79 Å². The van der Waals surface area contributed by atoms with E-state index in [0.29, 0.717) is 5.76 Å². The first-order valence-corrected chi connectivity index (χ1v) is 6.22. The van der Waals surface area contributed by atoms with Gasteiger partial charge in [0, 0.05) is 19.0 Å². The van der Waals surface area contributed by atoms with Crippen LogP contribution in [0.5, 0.6) is 0 Å². The molecule has 1 atom stereocenters. The molecule has 7 nitrogen and oxygen atoms in total. The van der Waals surface area contributed by atoms with Crippen molar-refractivity contribution in [2.45, 2.75) is 12.1 Å². The van der Waals surface area contributed by atoms with Crippen LogP contribution in [-0.4, -0.2) is 45.8 Å². The van der Waals surface area contributed by atoms with Crippen LogP contribution in [0.2, 0.25) is 0 Å². The van der Waals surface area contributed by atoms with E-state index in [2.05, 4.69) is 5.16 Å². The second-order valence-corrected chi connectivity index (χ2v) is 4.80. The summed E-state index contributed by atoms with van der Waals surface area (Å²) < 4.78 is 24.0. The topological polar surface area (TPSA) is 96.8 Å². The smallest absolute Gasteiger partial charge is 0.343 e. The van der Waals surface area contributed by atoms with Crippen molar-refractivity contribution < 1.29 is 28.0 Å². The second kappa shape index (κ2) is 4.72. The molecule has 8 heteroatoms. The molecule has 0 aromatic carbocycles. The summed E-state index contributed by atoms with van der Waals surface area (Å²) in [4.78, 5) is 24.1. The van der Waals surface area contributed by atoms with Crippen LogP contribution in [0.1, 0.15) is 16.9 Å². The normalized spacial score (nSPS) is 21.7. The van der Waals surface area contributed by atoms with Gasteiger partial charge in [0.15, 0.2) is 11.5 Å². The van der Waals surface area contributed by atoms with Crippen LogP contribution in [0, 0.1) is 0 Å². The molecule has 1 aliphatic rings. The maximum atomic E-state index is 13.9. The van der Waals surface area contributed by atoms with Gasteiger partial charge in [0.05, 0.1) is 12.8 Å². The van der Waals surface area contributed by atoms with E-state index in [4.69, 9.17) is 14.0 Å². The van der Waals surface area contributed by atoms with Gasteiger partial charge in [-0.05, 0) is 12.1 Å². The van der Waals surface area contributed by atoms with Crippen LogP contribution in [0.15, 0.2) is 33.4 Å². The number of rotatable bonds is 3. The Morgan fingerprint density at radius 1 is 1.43 bits per heavy atom. The summed E-state index contributed by atoms with van der Waals surface area (Å²) >= 11 is 0. The molecule has 2 aromatic rings. The third kappa shape index (κ3) is 2.28. The van der Waals surface area contributed by atoms with Crippen molar-refractivity contribution in [3.63, 3.8) is 0 Å². The van der Waals surface area contributed by atoms with E-state index in [0.717, 1.165) is 4.90 Å². The van der Waals surface area contributed by atoms with Crippen molar-refractivity contribution in [3.05, 3.63) is 30.2 Å². The average molecular weight is 294 g/mol. The zero-order valence-corrected chi connectivity index (χ0v) is 10.8. The monoisotopic (exact) mass is 294 g/mol. The Morgan fingerprint density at radius 3 is 2.86 bits per heavy atom. The standard InChI is InChI=1S/C13H11FN2O5/c14-13(12(18)19)3-4-16(7-13)11(17)8-6-10(21-15-8)9-2-1-5-20-9/h1-2,5-6H,3-4,7H2,(H,18,19). The average Bonchev–Trinajstić information content (AvgIpc) is 3.18. The van der Waals surface area contributed by atoms with Gasteiger partial charge in [0.2, 0.25) is 11.4 Å². The summed E-state index contributed by atoms with van der Waals surface area (Å²) in [5.74, 6) is -1.45. The third-order valence-corrected chi connectivity index (χ3v) is 3.38. The molecule has 1 amide bonds. The fourth-order valence-corrected chi connectivity index (χ4v) is 2.19. The molecule has 110 valence electrons. The zero-order valence-electron chi connectivity index (χ0n) is 10.8. The van der Waals surface area contributed by atoms with Gasteiger partial charge in [-0.1, -0.05) is 5.16 Å². The number of aliphatic carboxylic acids is 1. The van der Waals surface area contributed by atoms with Gasteiger partial charge in [0.1, 0.15) is 0 Å². The van der Waals surface area contributed by atoms with E-state index in [1.807, 2.05) is 0 Å². The summed E-state index contributed by atoms with van der Waals surface area (Å²) in [5.41, 5.74) is -2.42. The fourth-order valence-electron chi connectivity index (χ4n) is 2.19. The summed E-state index contributed by atoms with van der Waals surface area (Å²) in [6.45, 7) is -0.477. The minimum atomic E-state index is -2.40. The minimum absolute atomic E-state index is 0.0176. The van der Waals surface area contributed by atoms with E-state index in [1.165, 1.54) is 12.3 Å². The number of nitrogens with zero attached hydrogens (tertiary/aromatic N) is 2. The highest BCUT2D eigenvalue weighted by Gasteiger charge is 2.47. The Labute approximate surface area is 117 Å². The number of halogens is 1. The highest BCUT2D eigenvalue weighted by atomic mass is 19.1. The number of furan rings is 1. The molecular weight excluding hydrogens is 283 g/mol. The number of carbonyl (C=O) groups excluding carboxylic acids is 1. The number of alkyl halides is 1. The first-order valence-electron chi connectivity index (χ1n) is 6.22. The minimum Gasteiger partial charge on any atom is -0.479 e. The Balaban J connectivity index is 1.76. The molecule has 2 aromatic heterocycles. The predicted molar refractivity (Wildman–Crippen MR) is 66.2 cm³/mol. The number of carboxylic acids is 1. The van der Waals surface area contributed by atoms with Gasteiger partial charge in [0.25, 0.3) is 5.91 Å². The Hall–Kier alpha value is -2.64. The Bertz CT molecular complexity index is 681. The first-order chi connectivity index (χ1) is 9.99. The number of hydrogen-bond acceptors (Lipinski definition) is 5. The van der Waals surface area contributed by atoms with Gasteiger partial charge < -0.3 is 18.9 Å². The van der Waals surface area contributed by atoms with Crippen LogP contribution in [0.3, 0.4) is 0 Å². The van der Waals surface area contributed by atoms with Crippen LogP contribution in [0.4, 0.5) is 4.39 Å². The van der Waals surface area contributed by atoms with Crippen molar-refractivity contribution in [2.24, 2.45) is 0 Å². The molecule has 1 aliphatic heterocycles. The third-order valence-electron chi connectivity index (χ3n) is 3.38. The van der Waals surface area contributed by atoms with Crippen LogP contribution in [0.25, 0.3) is 11.5 Å². The van der Waals surface area contributed by atoms with Gasteiger partial charge in [-0.15, -0.1) is 0 Å².